The molecule has 0 saturated heterocycles. The van der Waals surface area contributed by atoms with Crippen molar-refractivity contribution in [3.05, 3.63) is 0 Å². The molecule has 0 radical (unpaired) electrons. The first-order valence-electron chi connectivity index (χ1n) is 5.98. The molecule has 1 N–H and O–H groups in total. The minimum absolute atomic E-state index is 0.523. The Balaban J connectivity index is 2.20. The van der Waals surface area contributed by atoms with Crippen LogP contribution in [-0.4, -0.2) is 24.1 Å². The molecule has 14 heavy (non-hydrogen) atoms. The molecule has 1 fully saturated rings. The van der Waals surface area contributed by atoms with Crippen molar-refractivity contribution in [2.75, 3.05) is 18.1 Å². The van der Waals surface area contributed by atoms with Crippen LogP contribution in [0.4, 0.5) is 0 Å². The van der Waals surface area contributed by atoms with E-state index in [-0.39, 0.29) is 0 Å². The minimum Gasteiger partial charge on any atom is -0.313 e. The van der Waals surface area contributed by atoms with E-state index in [1.807, 2.05) is 11.8 Å². The first-order valence-corrected chi connectivity index (χ1v) is 7.13. The predicted molar refractivity (Wildman–Crippen MR) is 67.0 cm³/mol. The van der Waals surface area contributed by atoms with Crippen molar-refractivity contribution in [2.45, 2.75) is 52.5 Å². The van der Waals surface area contributed by atoms with Crippen LogP contribution < -0.4 is 5.32 Å². The Morgan fingerprint density at radius 2 is 2.14 bits per heavy atom. The molecule has 0 spiro atoms. The highest BCUT2D eigenvalue weighted by molar-refractivity contribution is 7.99. The Morgan fingerprint density at radius 1 is 1.36 bits per heavy atom. The molecule has 84 valence electrons. The normalized spacial score (nSPS) is 26.4. The third kappa shape index (κ3) is 3.82. The summed E-state index contributed by atoms with van der Waals surface area (Å²) < 4.78 is 0. The summed E-state index contributed by atoms with van der Waals surface area (Å²) in [4.78, 5) is 0. The van der Waals surface area contributed by atoms with Crippen LogP contribution in [0.3, 0.4) is 0 Å². The highest BCUT2D eigenvalue weighted by atomic mass is 32.2. The summed E-state index contributed by atoms with van der Waals surface area (Å²) >= 11 is 2.03. The van der Waals surface area contributed by atoms with E-state index in [0.29, 0.717) is 5.41 Å². The predicted octanol–water partition coefficient (Wildman–Crippen LogP) is 3.30. The van der Waals surface area contributed by atoms with Crippen LogP contribution in [0.5, 0.6) is 0 Å². The van der Waals surface area contributed by atoms with Crippen LogP contribution in [0.25, 0.3) is 0 Å². The number of thioether (sulfide) groups is 1. The van der Waals surface area contributed by atoms with Gasteiger partial charge in [-0.05, 0) is 24.0 Å². The first kappa shape index (κ1) is 12.4. The van der Waals surface area contributed by atoms with Crippen molar-refractivity contribution >= 4 is 11.8 Å². The Bertz CT molecular complexity index is 156. The topological polar surface area (TPSA) is 12.0 Å². The Hall–Kier alpha value is 0.310. The van der Waals surface area contributed by atoms with Crippen molar-refractivity contribution in [3.8, 4) is 0 Å². The Kier molecular flexibility index (Phi) is 5.32. The van der Waals surface area contributed by atoms with Gasteiger partial charge in [-0.15, -0.1) is 0 Å². The van der Waals surface area contributed by atoms with Gasteiger partial charge in [0.05, 0.1) is 0 Å². The SMILES string of the molecule is CCSCCNC1CCCCC1(C)C. The number of nitrogens with one attached hydrogen (secondary N) is 1. The highest BCUT2D eigenvalue weighted by Gasteiger charge is 2.31. The van der Waals surface area contributed by atoms with E-state index in [9.17, 15) is 0 Å². The van der Waals surface area contributed by atoms with Gasteiger partial charge < -0.3 is 5.32 Å². The lowest BCUT2D eigenvalue weighted by atomic mass is 9.73. The summed E-state index contributed by atoms with van der Waals surface area (Å²) in [6.45, 7) is 8.25. The highest BCUT2D eigenvalue weighted by Crippen LogP contribution is 2.35. The molecule has 1 aliphatic rings. The van der Waals surface area contributed by atoms with E-state index in [0.717, 1.165) is 6.04 Å². The van der Waals surface area contributed by atoms with Gasteiger partial charge in [-0.3, -0.25) is 0 Å². The molecule has 0 amide bonds. The first-order chi connectivity index (χ1) is 6.67. The van der Waals surface area contributed by atoms with Crippen LogP contribution in [0, 0.1) is 5.41 Å². The zero-order chi connectivity index (χ0) is 10.4. The minimum atomic E-state index is 0.523. The van der Waals surface area contributed by atoms with Gasteiger partial charge in [-0.2, -0.15) is 11.8 Å². The summed E-state index contributed by atoms with van der Waals surface area (Å²) in [5.41, 5.74) is 0.523. The van der Waals surface area contributed by atoms with Gasteiger partial charge in [0, 0.05) is 18.3 Å². The van der Waals surface area contributed by atoms with Crippen LogP contribution in [0.1, 0.15) is 46.5 Å². The zero-order valence-electron chi connectivity index (χ0n) is 9.94. The molecule has 1 saturated carbocycles. The monoisotopic (exact) mass is 215 g/mol. The average Bonchev–Trinajstić information content (AvgIpc) is 2.14. The van der Waals surface area contributed by atoms with Gasteiger partial charge in [0.1, 0.15) is 0 Å². The molecule has 1 unspecified atom stereocenters. The molecule has 0 aliphatic heterocycles. The van der Waals surface area contributed by atoms with Crippen molar-refractivity contribution < 1.29 is 0 Å². The van der Waals surface area contributed by atoms with E-state index in [2.05, 4.69) is 26.1 Å². The maximum atomic E-state index is 3.73. The summed E-state index contributed by atoms with van der Waals surface area (Å²) in [6.07, 6.45) is 5.62. The zero-order valence-corrected chi connectivity index (χ0v) is 10.8. The van der Waals surface area contributed by atoms with E-state index >= 15 is 0 Å². The van der Waals surface area contributed by atoms with Crippen LogP contribution in [0.2, 0.25) is 0 Å². The maximum Gasteiger partial charge on any atom is 0.0119 e. The molecular formula is C12H25NS. The Morgan fingerprint density at radius 3 is 2.79 bits per heavy atom. The average molecular weight is 215 g/mol. The quantitative estimate of drug-likeness (QED) is 0.706. The molecule has 1 aliphatic carbocycles. The molecule has 1 rings (SSSR count). The third-order valence-corrected chi connectivity index (χ3v) is 4.25. The van der Waals surface area contributed by atoms with Crippen molar-refractivity contribution in [1.82, 2.24) is 5.32 Å². The lowest BCUT2D eigenvalue weighted by Crippen LogP contribution is -2.44. The molecule has 1 atom stereocenters. The van der Waals surface area contributed by atoms with Crippen LogP contribution >= 0.6 is 11.8 Å². The molecule has 0 bridgehead atoms. The van der Waals surface area contributed by atoms with Crippen LogP contribution in [0.15, 0.2) is 0 Å². The maximum absolute atomic E-state index is 3.73. The summed E-state index contributed by atoms with van der Waals surface area (Å²) in [7, 11) is 0. The number of rotatable bonds is 5. The molecule has 2 heteroatoms. The van der Waals surface area contributed by atoms with Gasteiger partial charge in [0.25, 0.3) is 0 Å². The second kappa shape index (κ2) is 6.02. The van der Waals surface area contributed by atoms with Gasteiger partial charge >= 0.3 is 0 Å². The fourth-order valence-corrected chi connectivity index (χ4v) is 2.87. The van der Waals surface area contributed by atoms with Crippen molar-refractivity contribution in [2.24, 2.45) is 5.41 Å². The molecule has 1 nitrogen and oxygen atoms in total. The molecule has 0 heterocycles. The molecule has 0 aromatic rings. The van der Waals surface area contributed by atoms with E-state index in [1.165, 1.54) is 43.7 Å². The van der Waals surface area contributed by atoms with E-state index < -0.39 is 0 Å². The standard InChI is InChI=1S/C12H25NS/c1-4-14-10-9-13-11-7-5-6-8-12(11,2)3/h11,13H,4-10H2,1-3H3. The number of hydrogen-bond donors (Lipinski definition) is 1. The second-order valence-electron chi connectivity index (χ2n) is 4.94. The van der Waals surface area contributed by atoms with E-state index in [1.54, 1.807) is 0 Å². The molecule has 0 aromatic carbocycles. The van der Waals surface area contributed by atoms with Crippen molar-refractivity contribution in [3.63, 3.8) is 0 Å². The lowest BCUT2D eigenvalue weighted by Gasteiger charge is -2.39. The molecular weight excluding hydrogens is 190 g/mol. The van der Waals surface area contributed by atoms with Crippen LogP contribution in [-0.2, 0) is 0 Å². The van der Waals surface area contributed by atoms with E-state index in [4.69, 9.17) is 0 Å². The third-order valence-electron chi connectivity index (χ3n) is 3.35. The lowest BCUT2D eigenvalue weighted by molar-refractivity contribution is 0.170. The smallest absolute Gasteiger partial charge is 0.0119 e. The summed E-state index contributed by atoms with van der Waals surface area (Å²) in [5, 5.41) is 3.73. The fourth-order valence-electron chi connectivity index (χ4n) is 2.32. The van der Waals surface area contributed by atoms with Gasteiger partial charge in [-0.25, -0.2) is 0 Å². The summed E-state index contributed by atoms with van der Waals surface area (Å²) in [6, 6.07) is 0.758. The largest absolute Gasteiger partial charge is 0.313 e. The van der Waals surface area contributed by atoms with Gasteiger partial charge in [-0.1, -0.05) is 33.6 Å². The second-order valence-corrected chi connectivity index (χ2v) is 6.33. The fraction of sp³-hybridized carbons (Fsp3) is 1.00. The Labute approximate surface area is 93.4 Å². The van der Waals surface area contributed by atoms with Crippen molar-refractivity contribution in [1.29, 1.82) is 0 Å². The molecule has 0 aromatic heterocycles. The number of hydrogen-bond acceptors (Lipinski definition) is 2. The summed E-state index contributed by atoms with van der Waals surface area (Å²) in [5.74, 6) is 2.51. The van der Waals surface area contributed by atoms with Gasteiger partial charge in [0.15, 0.2) is 0 Å². The van der Waals surface area contributed by atoms with Gasteiger partial charge in [0.2, 0.25) is 0 Å².